The number of ketones is 1. The number of pyridine rings is 1. The van der Waals surface area contributed by atoms with E-state index in [0.29, 0.717) is 30.1 Å². The lowest BCUT2D eigenvalue weighted by Gasteiger charge is -2.34. The predicted octanol–water partition coefficient (Wildman–Crippen LogP) is 4.06. The van der Waals surface area contributed by atoms with Gasteiger partial charge in [-0.05, 0) is 43.7 Å². The molecule has 1 fully saturated rings. The third-order valence-corrected chi connectivity index (χ3v) is 6.28. The summed E-state index contributed by atoms with van der Waals surface area (Å²) in [5.41, 5.74) is 1.93. The molecule has 1 aromatic heterocycles. The highest BCUT2D eigenvalue weighted by Gasteiger charge is 2.35. The van der Waals surface area contributed by atoms with Crippen LogP contribution in [0.3, 0.4) is 0 Å². The fourth-order valence-electron chi connectivity index (χ4n) is 4.42. The number of aromatic nitrogens is 1. The Bertz CT molecular complexity index is 1130. The number of likely N-dealkylation sites (tertiary alicyclic amines) is 1. The number of carbonyl (C=O) groups excluding carboxylic acids is 2. The fourth-order valence-corrected chi connectivity index (χ4v) is 4.42. The maximum Gasteiger partial charge on any atom is 0.254 e. The lowest BCUT2D eigenvalue weighted by molar-refractivity contribution is -0.134. The molecular weight excluding hydrogens is 400 g/mol. The molecule has 0 spiro atoms. The predicted molar refractivity (Wildman–Crippen MR) is 125 cm³/mol. The summed E-state index contributed by atoms with van der Waals surface area (Å²) in [4.78, 5) is 41.6. The molecule has 4 rings (SSSR count). The lowest BCUT2D eigenvalue weighted by Crippen LogP contribution is -2.47. The van der Waals surface area contributed by atoms with Crippen LogP contribution in [0.25, 0.3) is 0 Å². The Balaban J connectivity index is 1.55. The first-order valence-electron chi connectivity index (χ1n) is 11.1. The summed E-state index contributed by atoms with van der Waals surface area (Å²) in [5, 5.41) is 0. The zero-order valence-electron chi connectivity index (χ0n) is 18.3. The molecule has 164 valence electrons. The molecule has 1 unspecified atom stereocenters. The minimum absolute atomic E-state index is 0.301. The van der Waals surface area contributed by atoms with Crippen LogP contribution in [0.1, 0.15) is 40.4 Å². The molecule has 32 heavy (non-hydrogen) atoms. The number of carbonyl (C=O) groups is 2. The van der Waals surface area contributed by atoms with Gasteiger partial charge >= 0.3 is 0 Å². The Kier molecular flexibility index (Phi) is 6.64. The van der Waals surface area contributed by atoms with Crippen molar-refractivity contribution in [3.63, 3.8) is 0 Å². The highest BCUT2D eigenvalue weighted by Crippen LogP contribution is 2.25. The summed E-state index contributed by atoms with van der Waals surface area (Å²) >= 11 is 0. The number of hydrogen-bond donors (Lipinski definition) is 0. The van der Waals surface area contributed by atoms with E-state index < -0.39 is 6.04 Å². The van der Waals surface area contributed by atoms with Crippen molar-refractivity contribution in [3.8, 4) is 0 Å². The zero-order chi connectivity index (χ0) is 22.5. The SMILES string of the molecule is Cc1cccn(C(C(=O)c2ccccc2)C(=O)N2CCC(Cc3ccccc3)CC2)c1=O. The van der Waals surface area contributed by atoms with Crippen LogP contribution in [0.5, 0.6) is 0 Å². The van der Waals surface area contributed by atoms with Crippen molar-refractivity contribution in [1.29, 1.82) is 0 Å². The van der Waals surface area contributed by atoms with Gasteiger partial charge in [-0.3, -0.25) is 19.0 Å². The van der Waals surface area contributed by atoms with Crippen molar-refractivity contribution in [1.82, 2.24) is 9.47 Å². The maximum atomic E-state index is 13.6. The minimum atomic E-state index is -1.18. The standard InChI is InChI=1S/C27H28N2O3/c1-20-9-8-16-29(26(20)31)24(25(30)23-12-6-3-7-13-23)27(32)28-17-14-22(15-18-28)19-21-10-4-2-5-11-21/h2-13,16,22,24H,14-15,17-19H2,1H3. The van der Waals surface area contributed by atoms with Crippen molar-refractivity contribution in [2.75, 3.05) is 13.1 Å². The molecule has 0 aliphatic carbocycles. The minimum Gasteiger partial charge on any atom is -0.340 e. The van der Waals surface area contributed by atoms with E-state index in [0.717, 1.165) is 19.3 Å². The van der Waals surface area contributed by atoms with Crippen LogP contribution in [0, 0.1) is 12.8 Å². The number of benzene rings is 2. The van der Waals surface area contributed by atoms with Crippen molar-refractivity contribution < 1.29 is 9.59 Å². The average molecular weight is 429 g/mol. The first-order valence-corrected chi connectivity index (χ1v) is 11.1. The van der Waals surface area contributed by atoms with Crippen LogP contribution in [0.15, 0.2) is 83.8 Å². The lowest BCUT2D eigenvalue weighted by atomic mass is 9.89. The van der Waals surface area contributed by atoms with Crippen LogP contribution < -0.4 is 5.56 Å². The summed E-state index contributed by atoms with van der Waals surface area (Å²) in [6.45, 7) is 2.88. The molecular formula is C27H28N2O3. The van der Waals surface area contributed by atoms with E-state index in [4.69, 9.17) is 0 Å². The molecule has 0 N–H and O–H groups in total. The highest BCUT2D eigenvalue weighted by molar-refractivity contribution is 6.11. The molecule has 1 amide bonds. The molecule has 2 aromatic carbocycles. The molecule has 0 saturated carbocycles. The molecule has 1 aliphatic rings. The first kappa shape index (κ1) is 21.8. The Hall–Kier alpha value is -3.47. The van der Waals surface area contributed by atoms with E-state index in [-0.39, 0.29) is 17.2 Å². The number of hydrogen-bond acceptors (Lipinski definition) is 3. The van der Waals surface area contributed by atoms with Crippen LogP contribution in [-0.2, 0) is 11.2 Å². The monoisotopic (exact) mass is 428 g/mol. The van der Waals surface area contributed by atoms with Gasteiger partial charge in [0, 0.05) is 30.4 Å². The molecule has 0 bridgehead atoms. The second kappa shape index (κ2) is 9.77. The maximum absolute atomic E-state index is 13.6. The Morgan fingerprint density at radius 1 is 0.906 bits per heavy atom. The Labute approximate surface area is 188 Å². The molecule has 0 radical (unpaired) electrons. The van der Waals surface area contributed by atoms with Crippen LogP contribution in [0.4, 0.5) is 0 Å². The van der Waals surface area contributed by atoms with E-state index in [1.54, 1.807) is 54.4 Å². The largest absolute Gasteiger partial charge is 0.340 e. The van der Waals surface area contributed by atoms with Gasteiger partial charge in [0.25, 0.3) is 11.5 Å². The van der Waals surface area contributed by atoms with Crippen LogP contribution >= 0.6 is 0 Å². The van der Waals surface area contributed by atoms with Gasteiger partial charge in [-0.1, -0.05) is 66.7 Å². The smallest absolute Gasteiger partial charge is 0.254 e. The topological polar surface area (TPSA) is 59.4 Å². The zero-order valence-corrected chi connectivity index (χ0v) is 18.3. The molecule has 1 aliphatic heterocycles. The van der Waals surface area contributed by atoms with Crippen LogP contribution in [-0.4, -0.2) is 34.2 Å². The van der Waals surface area contributed by atoms with Crippen molar-refractivity contribution in [2.24, 2.45) is 5.92 Å². The molecule has 3 aromatic rings. The van der Waals surface area contributed by atoms with Crippen LogP contribution in [0.2, 0.25) is 0 Å². The van der Waals surface area contributed by atoms with E-state index >= 15 is 0 Å². The molecule has 1 saturated heterocycles. The fraction of sp³-hybridized carbons (Fsp3) is 0.296. The third kappa shape index (κ3) is 4.72. The Morgan fingerprint density at radius 3 is 2.19 bits per heavy atom. The van der Waals surface area contributed by atoms with E-state index in [1.165, 1.54) is 10.1 Å². The second-order valence-electron chi connectivity index (χ2n) is 8.49. The van der Waals surface area contributed by atoms with Gasteiger partial charge in [0.1, 0.15) is 0 Å². The van der Waals surface area contributed by atoms with Crippen molar-refractivity contribution in [3.05, 3.63) is 106 Å². The quantitative estimate of drug-likeness (QED) is 0.439. The summed E-state index contributed by atoms with van der Waals surface area (Å²) < 4.78 is 1.29. The van der Waals surface area contributed by atoms with Crippen molar-refractivity contribution in [2.45, 2.75) is 32.2 Å². The highest BCUT2D eigenvalue weighted by atomic mass is 16.2. The summed E-state index contributed by atoms with van der Waals surface area (Å²) in [6.07, 6.45) is 4.30. The van der Waals surface area contributed by atoms with Gasteiger partial charge in [-0.15, -0.1) is 0 Å². The normalized spacial score (nSPS) is 15.3. The number of aryl methyl sites for hydroxylation is 1. The molecule has 2 heterocycles. The molecule has 5 heteroatoms. The summed E-state index contributed by atoms with van der Waals surface area (Å²) in [7, 11) is 0. The molecule has 5 nitrogen and oxygen atoms in total. The molecule has 1 atom stereocenters. The van der Waals surface area contributed by atoms with E-state index in [1.807, 2.05) is 24.3 Å². The van der Waals surface area contributed by atoms with E-state index in [9.17, 15) is 14.4 Å². The summed E-state index contributed by atoms with van der Waals surface area (Å²) in [6, 6.07) is 21.3. The number of nitrogens with zero attached hydrogens (tertiary/aromatic N) is 2. The Morgan fingerprint density at radius 2 is 1.53 bits per heavy atom. The second-order valence-corrected chi connectivity index (χ2v) is 8.49. The van der Waals surface area contributed by atoms with Crippen molar-refractivity contribution >= 4 is 11.7 Å². The number of amides is 1. The third-order valence-electron chi connectivity index (χ3n) is 6.28. The van der Waals surface area contributed by atoms with Gasteiger partial charge in [0.15, 0.2) is 11.8 Å². The van der Waals surface area contributed by atoms with Gasteiger partial charge in [0.2, 0.25) is 0 Å². The number of rotatable bonds is 6. The average Bonchev–Trinajstić information content (AvgIpc) is 2.83. The van der Waals surface area contributed by atoms with Gasteiger partial charge < -0.3 is 4.90 Å². The number of piperidine rings is 1. The van der Waals surface area contributed by atoms with Gasteiger partial charge in [0.05, 0.1) is 0 Å². The summed E-state index contributed by atoms with van der Waals surface area (Å²) in [5.74, 6) is -0.147. The first-order chi connectivity index (χ1) is 15.5. The van der Waals surface area contributed by atoms with Gasteiger partial charge in [-0.2, -0.15) is 0 Å². The van der Waals surface area contributed by atoms with E-state index in [2.05, 4.69) is 12.1 Å². The van der Waals surface area contributed by atoms with Gasteiger partial charge in [-0.25, -0.2) is 0 Å². The number of Topliss-reactive ketones (excluding diaryl/α,β-unsaturated/α-hetero) is 1.